The minimum Gasteiger partial charge on any atom is -0.307 e. The van der Waals surface area contributed by atoms with E-state index in [2.05, 4.69) is 59.4 Å². The summed E-state index contributed by atoms with van der Waals surface area (Å²) in [6, 6.07) is 8.80. The Morgan fingerprint density at radius 1 is 1.24 bits per heavy atom. The molecule has 0 aromatic heterocycles. The van der Waals surface area contributed by atoms with Crippen molar-refractivity contribution in [1.29, 1.82) is 0 Å². The molecule has 1 aliphatic heterocycles. The highest BCUT2D eigenvalue weighted by atomic mass is 79.9. The highest BCUT2D eigenvalue weighted by molar-refractivity contribution is 9.10. The predicted octanol–water partition coefficient (Wildman–Crippen LogP) is 4.46. The maximum absolute atomic E-state index is 3.82. The number of nitrogens with one attached hydrogen (secondary N) is 1. The molecule has 1 aromatic rings. The van der Waals surface area contributed by atoms with Crippen LogP contribution in [0.4, 0.5) is 0 Å². The van der Waals surface area contributed by atoms with Crippen molar-refractivity contribution in [2.45, 2.75) is 45.1 Å². The molecular weight excluding hydrogens is 274 g/mol. The second kappa shape index (κ2) is 5.53. The summed E-state index contributed by atoms with van der Waals surface area (Å²) in [4.78, 5) is 0. The molecule has 0 aliphatic carbocycles. The molecule has 0 saturated carbocycles. The Balaban J connectivity index is 2.39. The molecule has 2 rings (SSSR count). The second-order valence-corrected chi connectivity index (χ2v) is 6.29. The van der Waals surface area contributed by atoms with E-state index in [4.69, 9.17) is 0 Å². The average Bonchev–Trinajstić information content (AvgIpc) is 2.55. The van der Waals surface area contributed by atoms with Crippen molar-refractivity contribution in [1.82, 2.24) is 5.32 Å². The van der Waals surface area contributed by atoms with Crippen molar-refractivity contribution < 1.29 is 0 Å². The molecular formula is C15H22BrN. The van der Waals surface area contributed by atoms with Gasteiger partial charge >= 0.3 is 0 Å². The Labute approximate surface area is 113 Å². The summed E-state index contributed by atoms with van der Waals surface area (Å²) in [7, 11) is 0. The van der Waals surface area contributed by atoms with E-state index in [9.17, 15) is 0 Å². The quantitative estimate of drug-likeness (QED) is 0.849. The Hall–Kier alpha value is -0.340. The van der Waals surface area contributed by atoms with Crippen molar-refractivity contribution in [3.8, 4) is 0 Å². The third kappa shape index (κ3) is 2.74. The summed E-state index contributed by atoms with van der Waals surface area (Å²) in [5.41, 5.74) is 1.60. The summed E-state index contributed by atoms with van der Waals surface area (Å²) < 4.78 is 1.18. The monoisotopic (exact) mass is 295 g/mol. The summed E-state index contributed by atoms with van der Waals surface area (Å²) in [5.74, 6) is 0.620. The Kier molecular flexibility index (Phi) is 4.26. The van der Waals surface area contributed by atoms with E-state index >= 15 is 0 Å². The number of hydrogen-bond donors (Lipinski definition) is 1. The van der Waals surface area contributed by atoms with Crippen LogP contribution in [0.2, 0.25) is 0 Å². The van der Waals surface area contributed by atoms with Gasteiger partial charge in [-0.25, -0.2) is 0 Å². The molecule has 0 amide bonds. The predicted molar refractivity (Wildman–Crippen MR) is 77.1 cm³/mol. The second-order valence-electron chi connectivity index (χ2n) is 5.37. The minimum atomic E-state index is 0.167. The van der Waals surface area contributed by atoms with Crippen LogP contribution in [0, 0.1) is 5.92 Å². The number of rotatable bonds is 2. The molecule has 1 atom stereocenters. The van der Waals surface area contributed by atoms with Gasteiger partial charge in [-0.1, -0.05) is 54.8 Å². The fraction of sp³-hybridized carbons (Fsp3) is 0.600. The molecule has 1 aliphatic rings. The van der Waals surface area contributed by atoms with E-state index in [1.807, 2.05) is 0 Å². The SMILES string of the molecule is CC(C)C1(c2cccc(Br)c2)CCCCCN1. The van der Waals surface area contributed by atoms with Crippen LogP contribution >= 0.6 is 15.9 Å². The standard InChI is InChI=1S/C15H22BrN/c1-12(2)15(9-4-3-5-10-17-15)13-7-6-8-14(16)11-13/h6-8,11-12,17H,3-5,9-10H2,1-2H3. The third-order valence-corrected chi connectivity index (χ3v) is 4.51. The molecule has 0 spiro atoms. The Morgan fingerprint density at radius 3 is 2.76 bits per heavy atom. The number of benzene rings is 1. The van der Waals surface area contributed by atoms with Gasteiger partial charge in [-0.3, -0.25) is 0 Å². The van der Waals surface area contributed by atoms with Gasteiger partial charge < -0.3 is 5.32 Å². The molecule has 1 aromatic carbocycles. The smallest absolute Gasteiger partial charge is 0.0458 e. The van der Waals surface area contributed by atoms with Crippen LogP contribution in [0.25, 0.3) is 0 Å². The van der Waals surface area contributed by atoms with E-state index in [0.717, 1.165) is 6.54 Å². The summed E-state index contributed by atoms with van der Waals surface area (Å²) in [5, 5.41) is 3.82. The highest BCUT2D eigenvalue weighted by Gasteiger charge is 2.35. The van der Waals surface area contributed by atoms with Gasteiger partial charge in [-0.15, -0.1) is 0 Å². The molecule has 1 fully saturated rings. The van der Waals surface area contributed by atoms with Crippen molar-refractivity contribution in [2.75, 3.05) is 6.54 Å². The minimum absolute atomic E-state index is 0.167. The van der Waals surface area contributed by atoms with Crippen LogP contribution in [-0.2, 0) is 5.54 Å². The van der Waals surface area contributed by atoms with Crippen LogP contribution in [-0.4, -0.2) is 6.54 Å². The molecule has 17 heavy (non-hydrogen) atoms. The van der Waals surface area contributed by atoms with E-state index < -0.39 is 0 Å². The summed E-state index contributed by atoms with van der Waals surface area (Å²) >= 11 is 3.59. The lowest BCUT2D eigenvalue weighted by Gasteiger charge is -2.38. The topological polar surface area (TPSA) is 12.0 Å². The van der Waals surface area contributed by atoms with E-state index in [0.29, 0.717) is 5.92 Å². The van der Waals surface area contributed by atoms with Gasteiger partial charge in [0.2, 0.25) is 0 Å². The highest BCUT2D eigenvalue weighted by Crippen LogP contribution is 2.37. The third-order valence-electron chi connectivity index (χ3n) is 4.01. The first-order valence-electron chi connectivity index (χ1n) is 6.66. The lowest BCUT2D eigenvalue weighted by molar-refractivity contribution is 0.231. The zero-order valence-electron chi connectivity index (χ0n) is 10.8. The van der Waals surface area contributed by atoms with Crippen molar-refractivity contribution in [3.63, 3.8) is 0 Å². The molecule has 0 bridgehead atoms. The normalized spacial score (nSPS) is 25.9. The maximum Gasteiger partial charge on any atom is 0.0458 e. The van der Waals surface area contributed by atoms with Gasteiger partial charge in [0.25, 0.3) is 0 Å². The van der Waals surface area contributed by atoms with Crippen LogP contribution in [0.15, 0.2) is 28.7 Å². The molecule has 1 heterocycles. The molecule has 94 valence electrons. The maximum atomic E-state index is 3.82. The van der Waals surface area contributed by atoms with Crippen molar-refractivity contribution in [3.05, 3.63) is 34.3 Å². The van der Waals surface area contributed by atoms with Crippen LogP contribution < -0.4 is 5.32 Å². The van der Waals surface area contributed by atoms with E-state index in [-0.39, 0.29) is 5.54 Å². The molecule has 2 heteroatoms. The average molecular weight is 296 g/mol. The van der Waals surface area contributed by atoms with Crippen molar-refractivity contribution in [2.24, 2.45) is 5.92 Å². The number of hydrogen-bond acceptors (Lipinski definition) is 1. The first-order chi connectivity index (χ1) is 8.15. The lowest BCUT2D eigenvalue weighted by Crippen LogP contribution is -2.46. The van der Waals surface area contributed by atoms with Crippen LogP contribution in [0.5, 0.6) is 0 Å². The van der Waals surface area contributed by atoms with Crippen LogP contribution in [0.3, 0.4) is 0 Å². The Morgan fingerprint density at radius 2 is 2.06 bits per heavy atom. The van der Waals surface area contributed by atoms with Crippen LogP contribution in [0.1, 0.15) is 45.1 Å². The van der Waals surface area contributed by atoms with Gasteiger partial charge in [-0.05, 0) is 43.0 Å². The Bertz CT molecular complexity index is 365. The van der Waals surface area contributed by atoms with Crippen molar-refractivity contribution >= 4 is 15.9 Å². The first kappa shape index (κ1) is 13.1. The number of halogens is 1. The van der Waals surface area contributed by atoms with Gasteiger partial charge in [0, 0.05) is 10.0 Å². The summed E-state index contributed by atoms with van der Waals surface area (Å²) in [6.07, 6.45) is 5.25. The molecule has 0 radical (unpaired) electrons. The molecule has 1 unspecified atom stereocenters. The fourth-order valence-electron chi connectivity index (χ4n) is 2.94. The first-order valence-corrected chi connectivity index (χ1v) is 7.45. The van der Waals surface area contributed by atoms with Gasteiger partial charge in [0.15, 0.2) is 0 Å². The van der Waals surface area contributed by atoms with Gasteiger partial charge in [0.1, 0.15) is 0 Å². The molecule has 1 nitrogen and oxygen atoms in total. The molecule has 1 N–H and O–H groups in total. The van der Waals surface area contributed by atoms with Gasteiger partial charge in [0.05, 0.1) is 0 Å². The molecule has 1 saturated heterocycles. The van der Waals surface area contributed by atoms with Gasteiger partial charge in [-0.2, -0.15) is 0 Å². The zero-order chi connectivity index (χ0) is 12.3. The van der Waals surface area contributed by atoms with E-state index in [1.54, 1.807) is 0 Å². The summed E-state index contributed by atoms with van der Waals surface area (Å²) in [6.45, 7) is 5.81. The lowest BCUT2D eigenvalue weighted by atomic mass is 9.76. The largest absolute Gasteiger partial charge is 0.307 e. The van der Waals surface area contributed by atoms with E-state index in [1.165, 1.54) is 35.7 Å². The fourth-order valence-corrected chi connectivity index (χ4v) is 3.34. The zero-order valence-corrected chi connectivity index (χ0v) is 12.4.